The SMILES string of the molecule is CC(C)CCOc1ccccc1-n1cc(C2NC(=O)NC2=O)c(-c2ccc(F)cc2)n1. The first-order valence-electron chi connectivity index (χ1n) is 10.1. The predicted octanol–water partition coefficient (Wildman–Crippen LogP) is 3.98. The molecule has 1 unspecified atom stereocenters. The number of amides is 3. The van der Waals surface area contributed by atoms with Gasteiger partial charge in [-0.2, -0.15) is 5.10 Å². The van der Waals surface area contributed by atoms with Crippen LogP contribution < -0.4 is 15.4 Å². The molecule has 1 atom stereocenters. The number of nitrogens with zero attached hydrogens (tertiary/aromatic N) is 2. The van der Waals surface area contributed by atoms with E-state index in [9.17, 15) is 14.0 Å². The minimum atomic E-state index is -0.893. The number of carbonyl (C=O) groups is 2. The average Bonchev–Trinajstić information content (AvgIpc) is 3.31. The lowest BCUT2D eigenvalue weighted by Crippen LogP contribution is -2.22. The van der Waals surface area contributed by atoms with E-state index in [4.69, 9.17) is 4.74 Å². The Kier molecular flexibility index (Phi) is 5.70. The first-order valence-corrected chi connectivity index (χ1v) is 10.1. The van der Waals surface area contributed by atoms with Gasteiger partial charge in [0.25, 0.3) is 5.91 Å². The molecular formula is C23H23FN4O3. The fourth-order valence-electron chi connectivity index (χ4n) is 3.36. The molecule has 0 radical (unpaired) electrons. The smallest absolute Gasteiger partial charge is 0.322 e. The molecule has 0 bridgehead atoms. The maximum atomic E-state index is 13.5. The van der Waals surface area contributed by atoms with Gasteiger partial charge in [-0.15, -0.1) is 0 Å². The fraction of sp³-hybridized carbons (Fsp3) is 0.261. The minimum absolute atomic E-state index is 0.374. The molecule has 1 aromatic heterocycles. The topological polar surface area (TPSA) is 85.2 Å². The number of hydrogen-bond acceptors (Lipinski definition) is 4. The number of para-hydroxylation sites is 2. The highest BCUT2D eigenvalue weighted by Gasteiger charge is 2.34. The van der Waals surface area contributed by atoms with E-state index < -0.39 is 18.0 Å². The van der Waals surface area contributed by atoms with Crippen LogP contribution in [0.3, 0.4) is 0 Å². The molecule has 3 aromatic rings. The molecule has 1 aliphatic heterocycles. The fourth-order valence-corrected chi connectivity index (χ4v) is 3.36. The van der Waals surface area contributed by atoms with Crippen molar-refractivity contribution in [2.24, 2.45) is 5.92 Å². The van der Waals surface area contributed by atoms with Crippen LogP contribution in [0, 0.1) is 11.7 Å². The number of aromatic nitrogens is 2. The number of rotatable bonds is 7. The average molecular weight is 422 g/mol. The van der Waals surface area contributed by atoms with Crippen molar-refractivity contribution in [3.63, 3.8) is 0 Å². The van der Waals surface area contributed by atoms with Crippen LogP contribution in [-0.2, 0) is 4.79 Å². The van der Waals surface area contributed by atoms with Gasteiger partial charge in [0.05, 0.1) is 12.3 Å². The van der Waals surface area contributed by atoms with Crippen LogP contribution in [0.5, 0.6) is 5.75 Å². The molecule has 0 saturated carbocycles. The molecule has 160 valence electrons. The third-order valence-corrected chi connectivity index (χ3v) is 5.01. The second-order valence-electron chi connectivity index (χ2n) is 7.78. The van der Waals surface area contributed by atoms with Gasteiger partial charge in [0.2, 0.25) is 0 Å². The maximum absolute atomic E-state index is 13.5. The molecule has 1 aliphatic rings. The van der Waals surface area contributed by atoms with Crippen molar-refractivity contribution in [2.75, 3.05) is 6.61 Å². The lowest BCUT2D eigenvalue weighted by Gasteiger charge is -2.12. The quantitative estimate of drug-likeness (QED) is 0.564. The zero-order valence-electron chi connectivity index (χ0n) is 17.3. The molecule has 1 fully saturated rings. The number of carbonyl (C=O) groups excluding carboxylic acids is 2. The van der Waals surface area contributed by atoms with Crippen LogP contribution in [0.15, 0.2) is 54.7 Å². The van der Waals surface area contributed by atoms with E-state index in [1.165, 1.54) is 12.1 Å². The summed E-state index contributed by atoms with van der Waals surface area (Å²) in [6.07, 6.45) is 2.60. The van der Waals surface area contributed by atoms with E-state index in [0.717, 1.165) is 6.42 Å². The maximum Gasteiger partial charge on any atom is 0.322 e. The Labute approximate surface area is 179 Å². The summed E-state index contributed by atoms with van der Waals surface area (Å²) in [5.74, 6) is 0.329. The van der Waals surface area contributed by atoms with Gasteiger partial charge in [0.1, 0.15) is 23.3 Å². The second kappa shape index (κ2) is 8.59. The zero-order chi connectivity index (χ0) is 22.0. The Morgan fingerprint density at radius 2 is 1.87 bits per heavy atom. The van der Waals surface area contributed by atoms with Crippen LogP contribution in [-0.4, -0.2) is 28.3 Å². The van der Waals surface area contributed by atoms with E-state index >= 15 is 0 Å². The number of imide groups is 1. The summed E-state index contributed by atoms with van der Waals surface area (Å²) in [7, 11) is 0. The third kappa shape index (κ3) is 4.42. The Balaban J connectivity index is 1.76. The Hall–Kier alpha value is -3.68. The van der Waals surface area contributed by atoms with E-state index in [-0.39, 0.29) is 5.82 Å². The number of nitrogens with one attached hydrogen (secondary N) is 2. The molecule has 0 spiro atoms. The lowest BCUT2D eigenvalue weighted by molar-refractivity contribution is -0.120. The zero-order valence-corrected chi connectivity index (χ0v) is 17.3. The predicted molar refractivity (Wildman–Crippen MR) is 113 cm³/mol. The van der Waals surface area contributed by atoms with Crippen molar-refractivity contribution in [3.05, 3.63) is 66.1 Å². The van der Waals surface area contributed by atoms with E-state index in [2.05, 4.69) is 29.6 Å². The van der Waals surface area contributed by atoms with Crippen LogP contribution in [0.4, 0.5) is 9.18 Å². The molecule has 2 N–H and O–H groups in total. The van der Waals surface area contributed by atoms with Gasteiger partial charge in [0, 0.05) is 17.3 Å². The number of halogens is 1. The second-order valence-corrected chi connectivity index (χ2v) is 7.78. The van der Waals surface area contributed by atoms with E-state index in [1.807, 2.05) is 24.3 Å². The summed E-state index contributed by atoms with van der Waals surface area (Å²) in [5, 5.41) is 9.52. The van der Waals surface area contributed by atoms with Gasteiger partial charge < -0.3 is 10.1 Å². The molecule has 31 heavy (non-hydrogen) atoms. The summed E-state index contributed by atoms with van der Waals surface area (Å²) >= 11 is 0. The summed E-state index contributed by atoms with van der Waals surface area (Å²) in [5.41, 5.74) is 2.30. The van der Waals surface area contributed by atoms with Crippen LogP contribution >= 0.6 is 0 Å². The number of ether oxygens (including phenoxy) is 1. The number of benzene rings is 2. The Morgan fingerprint density at radius 1 is 1.13 bits per heavy atom. The largest absolute Gasteiger partial charge is 0.491 e. The van der Waals surface area contributed by atoms with Crippen LogP contribution in [0.1, 0.15) is 31.9 Å². The number of hydrogen-bond donors (Lipinski definition) is 2. The van der Waals surface area contributed by atoms with Crippen molar-refractivity contribution in [2.45, 2.75) is 26.3 Å². The van der Waals surface area contributed by atoms with Gasteiger partial charge in [-0.25, -0.2) is 13.9 Å². The van der Waals surface area contributed by atoms with Gasteiger partial charge in [-0.3, -0.25) is 10.1 Å². The monoisotopic (exact) mass is 422 g/mol. The first-order chi connectivity index (χ1) is 14.9. The van der Waals surface area contributed by atoms with E-state index in [1.54, 1.807) is 23.0 Å². The normalized spacial score (nSPS) is 15.8. The summed E-state index contributed by atoms with van der Waals surface area (Å²) in [6, 6.07) is 11.8. The van der Waals surface area contributed by atoms with Crippen molar-refractivity contribution in [1.29, 1.82) is 0 Å². The molecule has 0 aliphatic carbocycles. The molecule has 3 amide bonds. The Bertz CT molecular complexity index is 1110. The summed E-state index contributed by atoms with van der Waals surface area (Å²) in [6.45, 7) is 4.82. The van der Waals surface area contributed by atoms with Crippen molar-refractivity contribution in [3.8, 4) is 22.7 Å². The lowest BCUT2D eigenvalue weighted by atomic mass is 10.0. The molecular weight excluding hydrogens is 399 g/mol. The first kappa shape index (κ1) is 20.6. The molecule has 8 heteroatoms. The van der Waals surface area contributed by atoms with Crippen molar-refractivity contribution < 1.29 is 18.7 Å². The van der Waals surface area contributed by atoms with Crippen LogP contribution in [0.2, 0.25) is 0 Å². The van der Waals surface area contributed by atoms with Crippen molar-refractivity contribution in [1.82, 2.24) is 20.4 Å². The minimum Gasteiger partial charge on any atom is -0.491 e. The van der Waals surface area contributed by atoms with E-state index in [0.29, 0.717) is 40.8 Å². The van der Waals surface area contributed by atoms with Gasteiger partial charge in [-0.05, 0) is 48.7 Å². The Morgan fingerprint density at radius 3 is 2.55 bits per heavy atom. The summed E-state index contributed by atoms with van der Waals surface area (Å²) < 4.78 is 21.1. The molecule has 1 saturated heterocycles. The van der Waals surface area contributed by atoms with Gasteiger partial charge in [0.15, 0.2) is 0 Å². The highest BCUT2D eigenvalue weighted by atomic mass is 19.1. The third-order valence-electron chi connectivity index (χ3n) is 5.01. The molecule has 2 aromatic carbocycles. The highest BCUT2D eigenvalue weighted by molar-refractivity contribution is 6.05. The van der Waals surface area contributed by atoms with Crippen molar-refractivity contribution >= 4 is 11.9 Å². The van der Waals surface area contributed by atoms with Crippen LogP contribution in [0.25, 0.3) is 16.9 Å². The highest BCUT2D eigenvalue weighted by Crippen LogP contribution is 2.32. The number of urea groups is 1. The van der Waals surface area contributed by atoms with Gasteiger partial charge in [-0.1, -0.05) is 26.0 Å². The molecule has 4 rings (SSSR count). The van der Waals surface area contributed by atoms with Gasteiger partial charge >= 0.3 is 6.03 Å². The summed E-state index contributed by atoms with van der Waals surface area (Å²) in [4.78, 5) is 24.0. The molecule has 2 heterocycles. The molecule has 7 nitrogen and oxygen atoms in total. The standard InChI is InChI=1S/C23H23FN4O3/c1-14(2)11-12-31-19-6-4-3-5-18(19)28-13-17(21-22(29)26-23(30)25-21)20(27-28)15-7-9-16(24)10-8-15/h3-10,13-14,21H,11-12H2,1-2H3,(H2,25,26,29,30).